The number of hydrogen-bond donors (Lipinski definition) is 2. The number of carbonyl (C=O) groups excluding carboxylic acids is 1. The van der Waals surface area contributed by atoms with Crippen LogP contribution in [0.4, 0.5) is 0 Å². The molecule has 0 fully saturated rings. The van der Waals surface area contributed by atoms with Crippen LogP contribution in [0.1, 0.15) is 35.8 Å². The molecule has 0 spiro atoms. The summed E-state index contributed by atoms with van der Waals surface area (Å²) in [5.74, 6) is -1.52. The Bertz CT molecular complexity index is 650. The summed E-state index contributed by atoms with van der Waals surface area (Å²) in [5, 5.41) is 15.9. The molecule has 0 aromatic carbocycles. The van der Waals surface area contributed by atoms with Gasteiger partial charge in [0.15, 0.2) is 0 Å². The fourth-order valence-electron chi connectivity index (χ4n) is 1.86. The Hall–Kier alpha value is -2.44. The second-order valence-corrected chi connectivity index (χ2v) is 4.50. The van der Waals surface area contributed by atoms with Crippen LogP contribution in [0.2, 0.25) is 0 Å². The molecule has 0 radical (unpaired) electrons. The number of aromatic nitrogens is 2. The molecule has 0 saturated heterocycles. The zero-order valence-corrected chi connectivity index (χ0v) is 11.2. The lowest BCUT2D eigenvalue weighted by molar-refractivity contribution is -0.139. The van der Waals surface area contributed by atoms with Crippen molar-refractivity contribution in [2.75, 3.05) is 0 Å². The monoisotopic (exact) mass is 277 g/mol. The highest BCUT2D eigenvalue weighted by molar-refractivity contribution is 5.98. The van der Waals surface area contributed by atoms with Gasteiger partial charge < -0.3 is 14.9 Å². The molecule has 1 atom stereocenters. The van der Waals surface area contributed by atoms with Gasteiger partial charge in [0.25, 0.3) is 11.6 Å². The lowest BCUT2D eigenvalue weighted by atomic mass is 10.1. The Morgan fingerprint density at radius 1 is 1.50 bits per heavy atom. The van der Waals surface area contributed by atoms with Gasteiger partial charge in [-0.25, -0.2) is 9.78 Å². The van der Waals surface area contributed by atoms with Gasteiger partial charge in [0.1, 0.15) is 6.04 Å². The standard InChI is InChI=1S/C13H15N3O4/c1-3-4-10(13(18)19)15-11(17)8-5-9-7(2)16-20-12(9)14-6-8/h5-6,10H,3-4H2,1-2H3,(H,15,17)(H,18,19)/t10-/m1/s1. The molecule has 0 saturated carbocycles. The van der Waals surface area contributed by atoms with Gasteiger partial charge in [0, 0.05) is 6.20 Å². The molecule has 106 valence electrons. The molecular formula is C13H15N3O4. The zero-order valence-electron chi connectivity index (χ0n) is 11.2. The molecule has 0 aliphatic heterocycles. The Morgan fingerprint density at radius 2 is 2.25 bits per heavy atom. The van der Waals surface area contributed by atoms with Gasteiger partial charge in [-0.3, -0.25) is 4.79 Å². The van der Waals surface area contributed by atoms with Crippen molar-refractivity contribution in [3.8, 4) is 0 Å². The maximum absolute atomic E-state index is 12.0. The second kappa shape index (κ2) is 5.68. The highest BCUT2D eigenvalue weighted by Crippen LogP contribution is 2.16. The first kappa shape index (κ1) is 14.0. The van der Waals surface area contributed by atoms with Crippen LogP contribution in [0.5, 0.6) is 0 Å². The zero-order chi connectivity index (χ0) is 14.7. The summed E-state index contributed by atoms with van der Waals surface area (Å²) in [6.45, 7) is 3.60. The van der Waals surface area contributed by atoms with Crippen molar-refractivity contribution in [3.05, 3.63) is 23.5 Å². The third-order valence-corrected chi connectivity index (χ3v) is 2.95. The van der Waals surface area contributed by atoms with Crippen molar-refractivity contribution < 1.29 is 19.2 Å². The maximum atomic E-state index is 12.0. The molecule has 0 aliphatic rings. The molecule has 0 unspecified atom stereocenters. The summed E-state index contributed by atoms with van der Waals surface area (Å²) in [4.78, 5) is 27.1. The molecule has 2 aromatic heterocycles. The Labute approximate surface area is 115 Å². The number of hydrogen-bond acceptors (Lipinski definition) is 5. The van der Waals surface area contributed by atoms with Crippen LogP contribution >= 0.6 is 0 Å². The third-order valence-electron chi connectivity index (χ3n) is 2.95. The summed E-state index contributed by atoms with van der Waals surface area (Å²) >= 11 is 0. The predicted molar refractivity (Wildman–Crippen MR) is 70.3 cm³/mol. The average molecular weight is 277 g/mol. The van der Waals surface area contributed by atoms with Crippen LogP contribution in [0.25, 0.3) is 11.1 Å². The highest BCUT2D eigenvalue weighted by Gasteiger charge is 2.20. The van der Waals surface area contributed by atoms with Crippen molar-refractivity contribution in [2.45, 2.75) is 32.7 Å². The van der Waals surface area contributed by atoms with E-state index in [9.17, 15) is 9.59 Å². The summed E-state index contributed by atoms with van der Waals surface area (Å²) in [6.07, 6.45) is 2.38. The SMILES string of the molecule is CCC[C@@H](NC(=O)c1cnc2onc(C)c2c1)C(=O)O. The van der Waals surface area contributed by atoms with Crippen LogP contribution in [0.15, 0.2) is 16.8 Å². The minimum atomic E-state index is -1.05. The number of nitrogens with one attached hydrogen (secondary N) is 1. The minimum Gasteiger partial charge on any atom is -0.480 e. The smallest absolute Gasteiger partial charge is 0.326 e. The molecule has 0 aliphatic carbocycles. The number of carboxylic acid groups (broad SMARTS) is 1. The summed E-state index contributed by atoms with van der Waals surface area (Å²) in [7, 11) is 0. The van der Waals surface area contributed by atoms with Crippen molar-refractivity contribution in [3.63, 3.8) is 0 Å². The first-order chi connectivity index (χ1) is 9.52. The van der Waals surface area contributed by atoms with E-state index in [0.29, 0.717) is 29.6 Å². The second-order valence-electron chi connectivity index (χ2n) is 4.50. The van der Waals surface area contributed by atoms with E-state index in [1.54, 1.807) is 13.0 Å². The largest absolute Gasteiger partial charge is 0.480 e. The summed E-state index contributed by atoms with van der Waals surface area (Å²) in [6, 6.07) is 0.695. The molecule has 2 heterocycles. The van der Waals surface area contributed by atoms with Crippen LogP contribution in [0.3, 0.4) is 0 Å². The fourth-order valence-corrected chi connectivity index (χ4v) is 1.86. The van der Waals surface area contributed by atoms with E-state index < -0.39 is 17.9 Å². The number of rotatable bonds is 5. The fraction of sp³-hybridized carbons (Fsp3) is 0.385. The van der Waals surface area contributed by atoms with E-state index >= 15 is 0 Å². The van der Waals surface area contributed by atoms with Gasteiger partial charge in [-0.05, 0) is 19.4 Å². The number of amides is 1. The lowest BCUT2D eigenvalue weighted by Crippen LogP contribution is -2.40. The van der Waals surface area contributed by atoms with E-state index in [1.807, 2.05) is 6.92 Å². The van der Waals surface area contributed by atoms with Crippen molar-refractivity contribution in [1.29, 1.82) is 0 Å². The Balaban J connectivity index is 2.22. The maximum Gasteiger partial charge on any atom is 0.326 e. The van der Waals surface area contributed by atoms with E-state index in [-0.39, 0.29) is 5.56 Å². The lowest BCUT2D eigenvalue weighted by Gasteiger charge is -2.13. The van der Waals surface area contributed by atoms with Crippen LogP contribution in [-0.4, -0.2) is 33.2 Å². The van der Waals surface area contributed by atoms with E-state index in [1.165, 1.54) is 6.20 Å². The van der Waals surface area contributed by atoms with E-state index in [2.05, 4.69) is 15.5 Å². The third kappa shape index (κ3) is 2.76. The van der Waals surface area contributed by atoms with Crippen LogP contribution in [-0.2, 0) is 4.79 Å². The van der Waals surface area contributed by atoms with Gasteiger partial charge in [0.2, 0.25) is 0 Å². The number of carbonyl (C=O) groups is 2. The topological polar surface area (TPSA) is 105 Å². The van der Waals surface area contributed by atoms with Gasteiger partial charge >= 0.3 is 5.97 Å². The molecule has 0 bridgehead atoms. The number of aliphatic carboxylic acids is 1. The normalized spacial score (nSPS) is 12.3. The van der Waals surface area contributed by atoms with Gasteiger partial charge in [-0.2, -0.15) is 0 Å². The quantitative estimate of drug-likeness (QED) is 0.858. The number of fused-ring (bicyclic) bond motifs is 1. The molecule has 7 nitrogen and oxygen atoms in total. The molecule has 2 N–H and O–H groups in total. The molecular weight excluding hydrogens is 262 g/mol. The first-order valence-electron chi connectivity index (χ1n) is 6.28. The molecule has 1 amide bonds. The molecule has 7 heteroatoms. The van der Waals surface area contributed by atoms with E-state index in [0.717, 1.165) is 0 Å². The number of carboxylic acids is 1. The van der Waals surface area contributed by atoms with Gasteiger partial charge in [0.05, 0.1) is 16.6 Å². The van der Waals surface area contributed by atoms with Crippen molar-refractivity contribution in [2.24, 2.45) is 0 Å². The molecule has 2 aromatic rings. The molecule has 20 heavy (non-hydrogen) atoms. The van der Waals surface area contributed by atoms with Gasteiger partial charge in [-0.15, -0.1) is 0 Å². The first-order valence-corrected chi connectivity index (χ1v) is 6.28. The summed E-state index contributed by atoms with van der Waals surface area (Å²) < 4.78 is 4.95. The molecule has 2 rings (SSSR count). The summed E-state index contributed by atoms with van der Waals surface area (Å²) in [5.41, 5.74) is 1.26. The van der Waals surface area contributed by atoms with Crippen LogP contribution in [0, 0.1) is 6.92 Å². The Morgan fingerprint density at radius 3 is 2.90 bits per heavy atom. The van der Waals surface area contributed by atoms with Crippen LogP contribution < -0.4 is 5.32 Å². The Kier molecular flexibility index (Phi) is 3.97. The number of aryl methyl sites for hydroxylation is 1. The van der Waals surface area contributed by atoms with Crippen molar-refractivity contribution >= 4 is 23.0 Å². The van der Waals surface area contributed by atoms with Crippen molar-refractivity contribution in [1.82, 2.24) is 15.5 Å². The number of nitrogens with zero attached hydrogens (tertiary/aromatic N) is 2. The number of pyridine rings is 1. The highest BCUT2D eigenvalue weighted by atomic mass is 16.5. The average Bonchev–Trinajstić information content (AvgIpc) is 2.79. The minimum absolute atomic E-state index is 0.283. The van der Waals surface area contributed by atoms with Gasteiger partial charge in [-0.1, -0.05) is 18.5 Å². The predicted octanol–water partition coefficient (Wildman–Crippen LogP) is 1.51. The van der Waals surface area contributed by atoms with E-state index in [4.69, 9.17) is 9.63 Å².